The number of hydrogen-bond acceptors (Lipinski definition) is 5. The quantitative estimate of drug-likeness (QED) is 0.688. The van der Waals surface area contributed by atoms with Crippen LogP contribution in [-0.2, 0) is 30.3 Å². The Hall–Kier alpha value is -2.70. The number of nitrogens with zero attached hydrogens (tertiary/aromatic N) is 1. The van der Waals surface area contributed by atoms with Crippen LogP contribution in [-0.4, -0.2) is 54.2 Å². The molecule has 1 aliphatic rings. The van der Waals surface area contributed by atoms with Crippen molar-refractivity contribution < 1.29 is 23.9 Å². The van der Waals surface area contributed by atoms with Crippen LogP contribution in [0.5, 0.6) is 0 Å². The Morgan fingerprint density at radius 3 is 2.23 bits per heavy atom. The van der Waals surface area contributed by atoms with E-state index in [4.69, 9.17) is 4.74 Å². The Bertz CT molecular complexity index is 762. The lowest BCUT2D eigenvalue weighted by Gasteiger charge is -2.34. The summed E-state index contributed by atoms with van der Waals surface area (Å²) in [5.41, 5.74) is 0.491. The molecule has 7 nitrogen and oxygen atoms in total. The third-order valence-electron chi connectivity index (χ3n) is 5.21. The van der Waals surface area contributed by atoms with Gasteiger partial charge in [0.2, 0.25) is 5.91 Å². The lowest BCUT2D eigenvalue weighted by atomic mass is 9.91. The first kappa shape index (κ1) is 23.6. The van der Waals surface area contributed by atoms with Gasteiger partial charge in [-0.15, -0.1) is 0 Å². The van der Waals surface area contributed by atoms with Gasteiger partial charge in [-0.2, -0.15) is 0 Å². The van der Waals surface area contributed by atoms with Gasteiger partial charge in [-0.1, -0.05) is 51.1 Å². The first-order valence-electron chi connectivity index (χ1n) is 10.4. The van der Waals surface area contributed by atoms with Gasteiger partial charge in [-0.25, -0.2) is 0 Å². The van der Waals surface area contributed by atoms with E-state index in [0.29, 0.717) is 32.4 Å². The van der Waals surface area contributed by atoms with Crippen LogP contribution in [0.2, 0.25) is 0 Å². The van der Waals surface area contributed by atoms with E-state index >= 15 is 0 Å². The number of Topliss-reactive ketones (excluding diaryl/α,β-unsaturated/α-hetero) is 1. The summed E-state index contributed by atoms with van der Waals surface area (Å²) in [4.78, 5) is 50.5. The van der Waals surface area contributed by atoms with Crippen molar-refractivity contribution in [2.45, 2.75) is 53.0 Å². The lowest BCUT2D eigenvalue weighted by molar-refractivity contribution is -0.156. The molecule has 0 aliphatic carbocycles. The van der Waals surface area contributed by atoms with Gasteiger partial charge in [0.15, 0.2) is 12.4 Å². The van der Waals surface area contributed by atoms with Crippen molar-refractivity contribution in [3.8, 4) is 0 Å². The van der Waals surface area contributed by atoms with Gasteiger partial charge in [-0.3, -0.25) is 19.2 Å². The number of ether oxygens (including phenoxy) is 1. The number of likely N-dealkylation sites (tertiary alicyclic amines) is 1. The number of benzene rings is 1. The van der Waals surface area contributed by atoms with E-state index in [2.05, 4.69) is 5.32 Å². The van der Waals surface area contributed by atoms with Crippen molar-refractivity contribution in [1.29, 1.82) is 0 Å². The molecule has 1 heterocycles. The first-order chi connectivity index (χ1) is 14.1. The highest BCUT2D eigenvalue weighted by Gasteiger charge is 2.33. The highest BCUT2D eigenvalue weighted by Crippen LogP contribution is 2.24. The van der Waals surface area contributed by atoms with E-state index in [1.807, 2.05) is 51.1 Å². The molecule has 1 saturated heterocycles. The number of hydrogen-bond donors (Lipinski definition) is 1. The first-order valence-corrected chi connectivity index (χ1v) is 10.4. The molecule has 30 heavy (non-hydrogen) atoms. The van der Waals surface area contributed by atoms with Crippen molar-refractivity contribution in [2.24, 2.45) is 11.3 Å². The number of piperidine rings is 1. The highest BCUT2D eigenvalue weighted by molar-refractivity contribution is 5.89. The summed E-state index contributed by atoms with van der Waals surface area (Å²) in [6.07, 6.45) is 1.43. The van der Waals surface area contributed by atoms with Crippen LogP contribution >= 0.6 is 0 Å². The van der Waals surface area contributed by atoms with Gasteiger partial charge in [0.05, 0.1) is 12.0 Å². The van der Waals surface area contributed by atoms with Gasteiger partial charge >= 0.3 is 5.97 Å². The summed E-state index contributed by atoms with van der Waals surface area (Å²) in [6.45, 7) is 7.64. The Morgan fingerprint density at radius 1 is 1.10 bits per heavy atom. The van der Waals surface area contributed by atoms with Crippen LogP contribution in [0.1, 0.15) is 46.1 Å². The molecule has 1 atom stereocenters. The lowest BCUT2D eigenvalue weighted by Crippen LogP contribution is -2.46. The minimum Gasteiger partial charge on any atom is -0.455 e. The predicted octanol–water partition coefficient (Wildman–Crippen LogP) is 2.13. The molecule has 1 aromatic rings. The Balaban J connectivity index is 1.78. The smallest absolute Gasteiger partial charge is 0.309 e. The third-order valence-corrected chi connectivity index (χ3v) is 5.21. The number of nitrogens with one attached hydrogen (secondary N) is 1. The zero-order valence-corrected chi connectivity index (χ0v) is 18.3. The Kier molecular flexibility index (Phi) is 8.15. The summed E-state index contributed by atoms with van der Waals surface area (Å²) >= 11 is 0. The predicted molar refractivity (Wildman–Crippen MR) is 112 cm³/mol. The van der Waals surface area contributed by atoms with Crippen LogP contribution in [0, 0.1) is 11.3 Å². The Labute approximate surface area is 178 Å². The van der Waals surface area contributed by atoms with Crippen molar-refractivity contribution in [3.05, 3.63) is 35.9 Å². The monoisotopic (exact) mass is 416 g/mol. The van der Waals surface area contributed by atoms with E-state index in [-0.39, 0.29) is 17.6 Å². The minimum absolute atomic E-state index is 0.0717. The van der Waals surface area contributed by atoms with Gasteiger partial charge in [0.25, 0.3) is 5.91 Å². The molecule has 1 fully saturated rings. The number of rotatable bonds is 7. The van der Waals surface area contributed by atoms with Crippen LogP contribution in [0.4, 0.5) is 0 Å². The maximum Gasteiger partial charge on any atom is 0.309 e. The van der Waals surface area contributed by atoms with Crippen LogP contribution in [0.25, 0.3) is 0 Å². The van der Waals surface area contributed by atoms with Crippen molar-refractivity contribution in [3.63, 3.8) is 0 Å². The molecule has 0 saturated carbocycles. The average Bonchev–Trinajstić information content (AvgIpc) is 2.71. The number of ketones is 1. The molecule has 7 heteroatoms. The van der Waals surface area contributed by atoms with Crippen LogP contribution < -0.4 is 5.32 Å². The molecule has 1 unspecified atom stereocenters. The molecule has 2 rings (SSSR count). The topological polar surface area (TPSA) is 92.8 Å². The van der Waals surface area contributed by atoms with Gasteiger partial charge in [-0.05, 0) is 31.7 Å². The summed E-state index contributed by atoms with van der Waals surface area (Å²) < 4.78 is 5.17. The van der Waals surface area contributed by atoms with E-state index in [9.17, 15) is 19.2 Å². The fourth-order valence-electron chi connectivity index (χ4n) is 3.43. The second-order valence-corrected chi connectivity index (χ2v) is 8.84. The number of esters is 1. The standard InChI is InChI=1S/C23H32N2O5/c1-16(26)19(14-17-8-6-5-7-9-17)24-20(27)15-30-21(28)18-10-12-25(13-11-18)22(29)23(2,3)4/h5-9,18-19H,10-15H2,1-4H3,(H,24,27). The van der Waals surface area contributed by atoms with Crippen LogP contribution in [0.3, 0.4) is 0 Å². The fourth-order valence-corrected chi connectivity index (χ4v) is 3.43. The van der Waals surface area contributed by atoms with E-state index in [1.54, 1.807) is 4.90 Å². The summed E-state index contributed by atoms with van der Waals surface area (Å²) in [5.74, 6) is -1.35. The zero-order valence-electron chi connectivity index (χ0n) is 18.3. The number of carbonyl (C=O) groups excluding carboxylic acids is 4. The Morgan fingerprint density at radius 2 is 1.70 bits per heavy atom. The van der Waals surface area contributed by atoms with E-state index < -0.39 is 29.9 Å². The fraction of sp³-hybridized carbons (Fsp3) is 0.565. The van der Waals surface area contributed by atoms with E-state index in [1.165, 1.54) is 6.92 Å². The largest absolute Gasteiger partial charge is 0.455 e. The maximum absolute atomic E-state index is 12.3. The number of amides is 2. The molecule has 0 aromatic heterocycles. The molecular formula is C23H32N2O5. The van der Waals surface area contributed by atoms with Gasteiger partial charge < -0.3 is 15.0 Å². The summed E-state index contributed by atoms with van der Waals surface area (Å²) in [7, 11) is 0. The third kappa shape index (κ3) is 6.97. The summed E-state index contributed by atoms with van der Waals surface area (Å²) in [6, 6.07) is 8.74. The normalized spacial score (nSPS) is 15.9. The molecule has 2 amide bonds. The molecule has 164 valence electrons. The zero-order chi connectivity index (χ0) is 22.3. The van der Waals surface area contributed by atoms with Gasteiger partial charge in [0.1, 0.15) is 0 Å². The van der Waals surface area contributed by atoms with Crippen molar-refractivity contribution >= 4 is 23.6 Å². The number of carbonyl (C=O) groups is 4. The van der Waals surface area contributed by atoms with E-state index in [0.717, 1.165) is 5.56 Å². The average molecular weight is 417 g/mol. The molecule has 0 spiro atoms. The van der Waals surface area contributed by atoms with Crippen LogP contribution in [0.15, 0.2) is 30.3 Å². The molecular weight excluding hydrogens is 384 g/mol. The van der Waals surface area contributed by atoms with Gasteiger partial charge in [0, 0.05) is 18.5 Å². The molecule has 0 radical (unpaired) electrons. The molecule has 1 aromatic carbocycles. The SMILES string of the molecule is CC(=O)C(Cc1ccccc1)NC(=O)COC(=O)C1CCN(C(=O)C(C)(C)C)CC1. The summed E-state index contributed by atoms with van der Waals surface area (Å²) in [5, 5.41) is 2.64. The minimum atomic E-state index is -0.662. The molecule has 1 N–H and O–H groups in total. The second kappa shape index (κ2) is 10.4. The second-order valence-electron chi connectivity index (χ2n) is 8.84. The van der Waals surface area contributed by atoms with Crippen molar-refractivity contribution in [1.82, 2.24) is 10.2 Å². The molecule has 1 aliphatic heterocycles. The highest BCUT2D eigenvalue weighted by atomic mass is 16.5. The molecule has 0 bridgehead atoms. The van der Waals surface area contributed by atoms with Crippen molar-refractivity contribution in [2.75, 3.05) is 19.7 Å². The maximum atomic E-state index is 12.3.